The van der Waals surface area contributed by atoms with Gasteiger partial charge in [0.15, 0.2) is 5.43 Å². The minimum atomic E-state index is -1.18. The summed E-state index contributed by atoms with van der Waals surface area (Å²) in [7, 11) is 0. The third-order valence-corrected chi connectivity index (χ3v) is 7.65. The molecular weight excluding hydrogens is 414 g/mol. The van der Waals surface area contributed by atoms with Crippen molar-refractivity contribution in [1.29, 1.82) is 0 Å². The molecule has 6 heteroatoms. The van der Waals surface area contributed by atoms with Crippen LogP contribution in [-0.4, -0.2) is 15.6 Å². The molecule has 1 aliphatic heterocycles. The zero-order chi connectivity index (χ0) is 21.2. The van der Waals surface area contributed by atoms with E-state index < -0.39 is 11.4 Å². The molecule has 0 unspecified atom stereocenters. The minimum absolute atomic E-state index is 0.0518. The molecule has 0 amide bonds. The van der Waals surface area contributed by atoms with E-state index >= 15 is 0 Å². The van der Waals surface area contributed by atoms with E-state index in [-0.39, 0.29) is 17.0 Å². The van der Waals surface area contributed by atoms with Gasteiger partial charge in [0.1, 0.15) is 5.56 Å². The maximum absolute atomic E-state index is 12.6. The number of aromatic nitrogens is 1. The number of fused-ring (bicyclic) bond motifs is 5. The molecule has 4 heterocycles. The largest absolute Gasteiger partial charge is 0.477 e. The summed E-state index contributed by atoms with van der Waals surface area (Å²) in [5, 5.41) is 17.1. The van der Waals surface area contributed by atoms with Crippen molar-refractivity contribution in [3.8, 4) is 22.4 Å². The molecule has 0 aliphatic carbocycles. The summed E-state index contributed by atoms with van der Waals surface area (Å²) in [6.07, 6.45) is 2.34. The Kier molecular flexibility index (Phi) is 4.27. The SMILES string of the molecule is CC(C)(C)[C@@H]1Cc2c(cc(-c3ccsc3)c3ccsc23)-c2cc(=O)c(C(=O)O)cn21. The molecule has 4 nitrogen and oxygen atoms in total. The standard InChI is InChI=1S/C24H21NO3S2/c1-24(2,3)21-9-17-16(19-10-20(26)18(23(27)28)11-25(19)21)8-15(13-4-6-29-12-13)14-5-7-30-22(14)17/h4-8,10-12,21H,9H2,1-3H3,(H,27,28)/t21-/m0/s1. The summed E-state index contributed by atoms with van der Waals surface area (Å²) in [4.78, 5) is 24.3. The van der Waals surface area contributed by atoms with Crippen molar-refractivity contribution in [2.24, 2.45) is 5.41 Å². The van der Waals surface area contributed by atoms with Crippen LogP contribution in [0.1, 0.15) is 42.7 Å². The Morgan fingerprint density at radius 2 is 1.97 bits per heavy atom. The smallest absolute Gasteiger partial charge is 0.341 e. The van der Waals surface area contributed by atoms with Crippen LogP contribution in [0.25, 0.3) is 32.5 Å². The second kappa shape index (κ2) is 6.65. The molecule has 152 valence electrons. The van der Waals surface area contributed by atoms with Gasteiger partial charge in [-0.25, -0.2) is 4.79 Å². The molecule has 0 saturated carbocycles. The monoisotopic (exact) mass is 435 g/mol. The lowest BCUT2D eigenvalue weighted by Gasteiger charge is -2.39. The van der Waals surface area contributed by atoms with Crippen molar-refractivity contribution in [2.45, 2.75) is 33.2 Å². The number of aromatic carboxylic acids is 1. The first-order valence-electron chi connectivity index (χ1n) is 9.81. The molecule has 1 N–H and O–H groups in total. The number of benzene rings is 1. The summed E-state index contributed by atoms with van der Waals surface area (Å²) in [5.74, 6) is -1.18. The van der Waals surface area contributed by atoms with Crippen LogP contribution in [-0.2, 0) is 6.42 Å². The third kappa shape index (κ3) is 2.86. The number of pyridine rings is 1. The Morgan fingerprint density at radius 3 is 2.63 bits per heavy atom. The lowest BCUT2D eigenvalue weighted by molar-refractivity contribution is 0.0693. The molecule has 5 rings (SSSR count). The van der Waals surface area contributed by atoms with E-state index in [9.17, 15) is 14.7 Å². The van der Waals surface area contributed by atoms with Gasteiger partial charge in [-0.15, -0.1) is 11.3 Å². The predicted molar refractivity (Wildman–Crippen MR) is 124 cm³/mol. The van der Waals surface area contributed by atoms with Gasteiger partial charge >= 0.3 is 5.97 Å². The number of thiophene rings is 2. The first kappa shape index (κ1) is 19.3. The van der Waals surface area contributed by atoms with Gasteiger partial charge in [-0.05, 0) is 62.9 Å². The van der Waals surface area contributed by atoms with E-state index in [1.165, 1.54) is 27.3 Å². The average molecular weight is 436 g/mol. The number of rotatable bonds is 2. The van der Waals surface area contributed by atoms with Crippen LogP contribution in [0.2, 0.25) is 0 Å². The second-order valence-corrected chi connectivity index (χ2v) is 10.6. The molecular formula is C24H21NO3S2. The molecule has 0 spiro atoms. The summed E-state index contributed by atoms with van der Waals surface area (Å²) >= 11 is 3.40. The fourth-order valence-corrected chi connectivity index (χ4v) is 6.11. The number of carbonyl (C=O) groups is 1. The van der Waals surface area contributed by atoms with E-state index in [4.69, 9.17) is 0 Å². The van der Waals surface area contributed by atoms with Crippen LogP contribution in [0.4, 0.5) is 0 Å². The first-order chi connectivity index (χ1) is 14.3. The van der Waals surface area contributed by atoms with E-state index in [1.54, 1.807) is 28.9 Å². The zero-order valence-corrected chi connectivity index (χ0v) is 18.6. The Labute approximate surface area is 182 Å². The average Bonchev–Trinajstić information content (AvgIpc) is 3.37. The molecule has 4 aromatic rings. The zero-order valence-electron chi connectivity index (χ0n) is 16.9. The third-order valence-electron chi connectivity index (χ3n) is 5.99. The predicted octanol–water partition coefficient (Wildman–Crippen LogP) is 6.30. The Hall–Kier alpha value is -2.70. The quantitative estimate of drug-likeness (QED) is 0.402. The van der Waals surface area contributed by atoms with E-state index in [0.29, 0.717) is 0 Å². The van der Waals surface area contributed by atoms with Gasteiger partial charge in [-0.1, -0.05) is 20.8 Å². The van der Waals surface area contributed by atoms with E-state index in [0.717, 1.165) is 23.2 Å². The lowest BCUT2D eigenvalue weighted by atomic mass is 9.78. The summed E-state index contributed by atoms with van der Waals surface area (Å²) in [6.45, 7) is 6.49. The molecule has 0 radical (unpaired) electrons. The maximum atomic E-state index is 12.6. The fraction of sp³-hybridized carbons (Fsp3) is 0.250. The molecule has 0 fully saturated rings. The molecule has 1 aromatic carbocycles. The summed E-state index contributed by atoms with van der Waals surface area (Å²) in [5.41, 5.74) is 4.68. The Bertz CT molecular complexity index is 1350. The minimum Gasteiger partial charge on any atom is -0.477 e. The Balaban J connectivity index is 1.88. The fourth-order valence-electron chi connectivity index (χ4n) is 4.47. The maximum Gasteiger partial charge on any atom is 0.341 e. The molecule has 0 saturated heterocycles. The number of nitrogens with zero attached hydrogens (tertiary/aromatic N) is 1. The molecule has 30 heavy (non-hydrogen) atoms. The van der Waals surface area contributed by atoms with E-state index in [1.807, 2.05) is 4.57 Å². The van der Waals surface area contributed by atoms with Gasteiger partial charge < -0.3 is 9.67 Å². The van der Waals surface area contributed by atoms with Gasteiger partial charge in [0, 0.05) is 34.0 Å². The highest BCUT2D eigenvalue weighted by Crippen LogP contribution is 2.48. The van der Waals surface area contributed by atoms with Crippen molar-refractivity contribution in [3.05, 3.63) is 68.0 Å². The highest BCUT2D eigenvalue weighted by atomic mass is 32.1. The molecule has 1 aliphatic rings. The topological polar surface area (TPSA) is 59.3 Å². The first-order valence-corrected chi connectivity index (χ1v) is 11.6. The van der Waals surface area contributed by atoms with Crippen molar-refractivity contribution in [1.82, 2.24) is 4.57 Å². The van der Waals surface area contributed by atoms with Gasteiger partial charge in [-0.2, -0.15) is 11.3 Å². The van der Waals surface area contributed by atoms with Gasteiger partial charge in [-0.3, -0.25) is 4.79 Å². The number of carboxylic acid groups (broad SMARTS) is 1. The van der Waals surface area contributed by atoms with Crippen molar-refractivity contribution < 1.29 is 9.90 Å². The van der Waals surface area contributed by atoms with Gasteiger partial charge in [0.25, 0.3) is 0 Å². The molecule has 3 aromatic heterocycles. The number of hydrogen-bond acceptors (Lipinski definition) is 4. The highest BCUT2D eigenvalue weighted by molar-refractivity contribution is 7.17. The van der Waals surface area contributed by atoms with Crippen LogP contribution < -0.4 is 5.43 Å². The van der Waals surface area contributed by atoms with Crippen LogP contribution in [0, 0.1) is 5.41 Å². The summed E-state index contributed by atoms with van der Waals surface area (Å²) in [6, 6.07) is 8.03. The molecule has 0 bridgehead atoms. The number of carboxylic acids is 1. The normalized spacial score (nSPS) is 15.8. The second-order valence-electron chi connectivity index (χ2n) is 8.86. The van der Waals surface area contributed by atoms with Gasteiger partial charge in [0.2, 0.25) is 0 Å². The van der Waals surface area contributed by atoms with Crippen LogP contribution in [0.15, 0.2) is 51.4 Å². The van der Waals surface area contributed by atoms with Crippen LogP contribution >= 0.6 is 22.7 Å². The van der Waals surface area contributed by atoms with E-state index in [2.05, 4.69) is 55.1 Å². The lowest BCUT2D eigenvalue weighted by Crippen LogP contribution is -2.32. The van der Waals surface area contributed by atoms with Crippen molar-refractivity contribution in [3.63, 3.8) is 0 Å². The van der Waals surface area contributed by atoms with Crippen LogP contribution in [0.5, 0.6) is 0 Å². The van der Waals surface area contributed by atoms with Gasteiger partial charge in [0.05, 0.1) is 5.69 Å². The van der Waals surface area contributed by atoms with Crippen molar-refractivity contribution in [2.75, 3.05) is 0 Å². The van der Waals surface area contributed by atoms with Crippen molar-refractivity contribution >= 4 is 38.7 Å². The van der Waals surface area contributed by atoms with Crippen LogP contribution in [0.3, 0.4) is 0 Å². The molecule has 1 atom stereocenters. The number of hydrogen-bond donors (Lipinski definition) is 1. The summed E-state index contributed by atoms with van der Waals surface area (Å²) < 4.78 is 3.27. The Morgan fingerprint density at radius 1 is 1.17 bits per heavy atom. The highest BCUT2D eigenvalue weighted by Gasteiger charge is 2.35.